The fourth-order valence-electron chi connectivity index (χ4n) is 2.00. The van der Waals surface area contributed by atoms with E-state index in [1.807, 2.05) is 6.92 Å². The van der Waals surface area contributed by atoms with Crippen molar-refractivity contribution in [2.24, 2.45) is 0 Å². The van der Waals surface area contributed by atoms with Gasteiger partial charge in [0.2, 0.25) is 5.91 Å². The van der Waals surface area contributed by atoms with Crippen molar-refractivity contribution in [1.29, 1.82) is 0 Å². The normalized spacial score (nSPS) is 19.9. The summed E-state index contributed by atoms with van der Waals surface area (Å²) in [5.74, 6) is -1.27. The number of nitrogens with zero attached hydrogens (tertiary/aromatic N) is 1. The summed E-state index contributed by atoms with van der Waals surface area (Å²) < 4.78 is 0. The molecule has 1 rings (SSSR count). The van der Waals surface area contributed by atoms with Gasteiger partial charge in [0.1, 0.15) is 12.1 Å². The second kappa shape index (κ2) is 6.96. The Morgan fingerprint density at radius 3 is 2.68 bits per heavy atom. The molecule has 0 spiro atoms. The van der Waals surface area contributed by atoms with Crippen molar-refractivity contribution in [3.63, 3.8) is 0 Å². The fourth-order valence-corrected chi connectivity index (χ4v) is 2.00. The van der Waals surface area contributed by atoms with Crippen LogP contribution in [0.4, 0.5) is 4.79 Å². The summed E-state index contributed by atoms with van der Waals surface area (Å²) in [4.78, 5) is 35.8. The molecule has 3 N–H and O–H groups in total. The Labute approximate surface area is 112 Å². The largest absolute Gasteiger partial charge is 0.480 e. The number of carbonyl (C=O) groups excluding carboxylic acids is 2. The van der Waals surface area contributed by atoms with E-state index in [0.29, 0.717) is 25.9 Å². The van der Waals surface area contributed by atoms with E-state index < -0.39 is 24.1 Å². The molecule has 1 saturated heterocycles. The van der Waals surface area contributed by atoms with Gasteiger partial charge in [0, 0.05) is 13.1 Å². The van der Waals surface area contributed by atoms with Gasteiger partial charge < -0.3 is 20.6 Å². The first-order valence-corrected chi connectivity index (χ1v) is 6.55. The summed E-state index contributed by atoms with van der Waals surface area (Å²) in [6.07, 6.45) is 1.94. The van der Waals surface area contributed by atoms with Crippen molar-refractivity contribution in [2.75, 3.05) is 13.1 Å². The topological polar surface area (TPSA) is 98.7 Å². The van der Waals surface area contributed by atoms with Gasteiger partial charge in [-0.15, -0.1) is 0 Å². The van der Waals surface area contributed by atoms with Crippen molar-refractivity contribution in [2.45, 2.75) is 45.2 Å². The lowest BCUT2D eigenvalue weighted by Crippen LogP contribution is -2.52. The quantitative estimate of drug-likeness (QED) is 0.663. The van der Waals surface area contributed by atoms with Gasteiger partial charge in [-0.05, 0) is 26.2 Å². The lowest BCUT2D eigenvalue weighted by Gasteiger charge is -2.24. The van der Waals surface area contributed by atoms with Crippen molar-refractivity contribution in [1.82, 2.24) is 15.5 Å². The highest BCUT2D eigenvalue weighted by molar-refractivity contribution is 5.88. The van der Waals surface area contributed by atoms with Crippen LogP contribution in [0, 0.1) is 0 Å². The average molecular weight is 271 g/mol. The van der Waals surface area contributed by atoms with Gasteiger partial charge >= 0.3 is 12.0 Å². The predicted octanol–water partition coefficient (Wildman–Crippen LogP) is 0.160. The molecule has 1 aliphatic heterocycles. The van der Waals surface area contributed by atoms with Gasteiger partial charge in [-0.1, -0.05) is 6.92 Å². The van der Waals surface area contributed by atoms with E-state index in [4.69, 9.17) is 5.11 Å². The van der Waals surface area contributed by atoms with Crippen LogP contribution in [0.25, 0.3) is 0 Å². The molecule has 0 bridgehead atoms. The molecule has 0 aromatic rings. The number of hydrogen-bond acceptors (Lipinski definition) is 3. The zero-order valence-electron chi connectivity index (χ0n) is 11.3. The highest BCUT2D eigenvalue weighted by Crippen LogP contribution is 2.17. The zero-order valence-corrected chi connectivity index (χ0v) is 11.3. The minimum atomic E-state index is -1.00. The van der Waals surface area contributed by atoms with Crippen LogP contribution in [0.3, 0.4) is 0 Å². The number of amides is 3. The number of carbonyl (C=O) groups is 3. The van der Waals surface area contributed by atoms with E-state index in [-0.39, 0.29) is 5.91 Å². The standard InChI is InChI=1S/C12H21N3O4/c1-3-6-13-10(16)8(2)14-12(19)15-7-4-5-9(15)11(17)18/h8-9H,3-7H2,1-2H3,(H,13,16)(H,14,19)(H,17,18)/t8?,9-/m1/s1. The van der Waals surface area contributed by atoms with Crippen LogP contribution in [0.15, 0.2) is 0 Å². The van der Waals surface area contributed by atoms with E-state index in [0.717, 1.165) is 6.42 Å². The minimum Gasteiger partial charge on any atom is -0.480 e. The maximum Gasteiger partial charge on any atom is 0.326 e. The van der Waals surface area contributed by atoms with Crippen LogP contribution >= 0.6 is 0 Å². The molecule has 0 aliphatic carbocycles. The Hall–Kier alpha value is -1.79. The van der Waals surface area contributed by atoms with Crippen molar-refractivity contribution < 1.29 is 19.5 Å². The number of likely N-dealkylation sites (tertiary alicyclic amines) is 1. The Kier molecular flexibility index (Phi) is 5.59. The summed E-state index contributed by atoms with van der Waals surface area (Å²) in [5.41, 5.74) is 0. The molecule has 108 valence electrons. The minimum absolute atomic E-state index is 0.263. The number of hydrogen-bond donors (Lipinski definition) is 3. The van der Waals surface area contributed by atoms with Gasteiger partial charge in [0.15, 0.2) is 0 Å². The summed E-state index contributed by atoms with van der Waals surface area (Å²) in [6, 6.07) is -1.95. The van der Waals surface area contributed by atoms with Crippen LogP contribution in [0.5, 0.6) is 0 Å². The Morgan fingerprint density at radius 1 is 1.42 bits per heavy atom. The first-order chi connectivity index (χ1) is 8.97. The highest BCUT2D eigenvalue weighted by Gasteiger charge is 2.34. The number of aliphatic carboxylic acids is 1. The molecule has 0 radical (unpaired) electrons. The number of urea groups is 1. The maximum atomic E-state index is 11.9. The van der Waals surface area contributed by atoms with E-state index in [1.165, 1.54) is 4.90 Å². The lowest BCUT2D eigenvalue weighted by molar-refractivity contribution is -0.141. The molecule has 7 heteroatoms. The van der Waals surface area contributed by atoms with Gasteiger partial charge in [-0.3, -0.25) is 4.79 Å². The van der Waals surface area contributed by atoms with Gasteiger partial charge in [-0.25, -0.2) is 9.59 Å². The summed E-state index contributed by atoms with van der Waals surface area (Å²) in [7, 11) is 0. The van der Waals surface area contributed by atoms with Crippen LogP contribution in [-0.2, 0) is 9.59 Å². The molecule has 0 aromatic heterocycles. The van der Waals surface area contributed by atoms with Gasteiger partial charge in [-0.2, -0.15) is 0 Å². The second-order valence-corrected chi connectivity index (χ2v) is 4.65. The van der Waals surface area contributed by atoms with Crippen LogP contribution < -0.4 is 10.6 Å². The molecular formula is C12H21N3O4. The highest BCUT2D eigenvalue weighted by atomic mass is 16.4. The molecule has 2 atom stereocenters. The van der Waals surface area contributed by atoms with E-state index >= 15 is 0 Å². The first-order valence-electron chi connectivity index (χ1n) is 6.55. The lowest BCUT2D eigenvalue weighted by atomic mass is 10.2. The summed E-state index contributed by atoms with van der Waals surface area (Å²) in [6.45, 7) is 4.48. The maximum absolute atomic E-state index is 11.9. The molecule has 1 fully saturated rings. The van der Waals surface area contributed by atoms with Crippen LogP contribution in [-0.4, -0.2) is 53.1 Å². The molecule has 0 saturated carbocycles. The smallest absolute Gasteiger partial charge is 0.326 e. The molecular weight excluding hydrogens is 250 g/mol. The van der Waals surface area contributed by atoms with Crippen LogP contribution in [0.2, 0.25) is 0 Å². The molecule has 1 heterocycles. The van der Waals surface area contributed by atoms with E-state index in [1.54, 1.807) is 6.92 Å². The monoisotopic (exact) mass is 271 g/mol. The fraction of sp³-hybridized carbons (Fsp3) is 0.750. The number of rotatable bonds is 5. The molecule has 1 aliphatic rings. The van der Waals surface area contributed by atoms with Gasteiger partial charge in [0.05, 0.1) is 0 Å². The molecule has 0 aromatic carbocycles. The van der Waals surface area contributed by atoms with E-state index in [2.05, 4.69) is 10.6 Å². The second-order valence-electron chi connectivity index (χ2n) is 4.65. The van der Waals surface area contributed by atoms with Crippen molar-refractivity contribution >= 4 is 17.9 Å². The summed E-state index contributed by atoms with van der Waals surface area (Å²) >= 11 is 0. The molecule has 1 unspecified atom stereocenters. The zero-order chi connectivity index (χ0) is 14.4. The number of nitrogens with one attached hydrogen (secondary N) is 2. The van der Waals surface area contributed by atoms with Crippen molar-refractivity contribution in [3.05, 3.63) is 0 Å². The van der Waals surface area contributed by atoms with E-state index in [9.17, 15) is 14.4 Å². The SMILES string of the molecule is CCCNC(=O)C(C)NC(=O)N1CCC[C@@H]1C(=O)O. The third-order valence-electron chi connectivity index (χ3n) is 3.08. The molecule has 7 nitrogen and oxygen atoms in total. The summed E-state index contributed by atoms with van der Waals surface area (Å²) in [5, 5.41) is 14.2. The first kappa shape index (κ1) is 15.3. The third kappa shape index (κ3) is 4.11. The van der Waals surface area contributed by atoms with Crippen LogP contribution in [0.1, 0.15) is 33.1 Å². The number of carboxylic acids is 1. The molecule has 19 heavy (non-hydrogen) atoms. The van der Waals surface area contributed by atoms with Gasteiger partial charge in [0.25, 0.3) is 0 Å². The Balaban J connectivity index is 2.50. The Morgan fingerprint density at radius 2 is 2.11 bits per heavy atom. The Bertz CT molecular complexity index is 359. The predicted molar refractivity (Wildman–Crippen MR) is 68.7 cm³/mol. The molecule has 3 amide bonds. The average Bonchev–Trinajstić information content (AvgIpc) is 2.84. The van der Waals surface area contributed by atoms with Crippen molar-refractivity contribution in [3.8, 4) is 0 Å². The third-order valence-corrected chi connectivity index (χ3v) is 3.08. The number of carboxylic acid groups (broad SMARTS) is 1.